The van der Waals surface area contributed by atoms with Crippen molar-refractivity contribution in [3.63, 3.8) is 0 Å². The van der Waals surface area contributed by atoms with E-state index >= 15 is 0 Å². The zero-order valence-corrected chi connectivity index (χ0v) is 17.0. The van der Waals surface area contributed by atoms with Gasteiger partial charge in [-0.15, -0.1) is 0 Å². The second kappa shape index (κ2) is 8.03. The maximum absolute atomic E-state index is 13.3. The fraction of sp³-hybridized carbons (Fsp3) is 0.450. The number of piperidine rings is 1. The van der Waals surface area contributed by atoms with Crippen LogP contribution in [0.1, 0.15) is 35.4 Å². The fourth-order valence-electron chi connectivity index (χ4n) is 4.11. The lowest BCUT2D eigenvalue weighted by Crippen LogP contribution is -2.54. The van der Waals surface area contributed by atoms with Gasteiger partial charge in [0.15, 0.2) is 5.78 Å². The summed E-state index contributed by atoms with van der Waals surface area (Å²) >= 11 is 5.85. The van der Waals surface area contributed by atoms with Crippen LogP contribution in [0, 0.1) is 13.8 Å². The molecule has 0 aliphatic carbocycles. The molecule has 2 fully saturated rings. The first-order valence-corrected chi connectivity index (χ1v) is 9.57. The zero-order valence-electron chi connectivity index (χ0n) is 16.3. The number of nitrogens with zero attached hydrogens (tertiary/aromatic N) is 2. The number of halogens is 1. The molecule has 7 nitrogen and oxygen atoms in total. The Bertz CT molecular complexity index is 834. The lowest BCUT2D eigenvalue weighted by molar-refractivity contribution is -0.157. The number of nitrogens with one attached hydrogen (secondary N) is 1. The fourth-order valence-corrected chi connectivity index (χ4v) is 4.16. The van der Waals surface area contributed by atoms with Crippen LogP contribution in [0.25, 0.3) is 0 Å². The molecule has 3 rings (SSSR count). The van der Waals surface area contributed by atoms with E-state index in [-0.39, 0.29) is 11.7 Å². The molecule has 0 saturated carbocycles. The van der Waals surface area contributed by atoms with Gasteiger partial charge in [-0.25, -0.2) is 0 Å². The standard InChI is InChI=1S/C20H25ClN4O3/c1-12-8-15(23-11-14(21)10-22)9-13(2)16(12)17-18(26)20(24-19(17)27)4-6-25(28-3)7-5-20/h8-11,17H,4-7,22H2,1-3H3,(H,24,27)/b14-10+,23-11?. The normalized spacial score (nSPS) is 23.0. The summed E-state index contributed by atoms with van der Waals surface area (Å²) in [6.45, 7) is 4.99. The lowest BCUT2D eigenvalue weighted by atomic mass is 9.79. The topological polar surface area (TPSA) is 97.0 Å². The molecular formula is C20H25ClN4O3. The number of aliphatic imine (C=N–C) groups is 1. The number of rotatable bonds is 4. The molecule has 28 heavy (non-hydrogen) atoms. The largest absolute Gasteiger partial charge is 0.403 e. The van der Waals surface area contributed by atoms with Gasteiger partial charge in [0.05, 0.1) is 17.8 Å². The van der Waals surface area contributed by atoms with Crippen molar-refractivity contribution in [3.05, 3.63) is 40.1 Å². The van der Waals surface area contributed by atoms with Crippen molar-refractivity contribution in [2.45, 2.75) is 38.1 Å². The van der Waals surface area contributed by atoms with Crippen molar-refractivity contribution in [1.29, 1.82) is 0 Å². The van der Waals surface area contributed by atoms with Crippen LogP contribution < -0.4 is 11.1 Å². The number of hydrogen-bond acceptors (Lipinski definition) is 6. The van der Waals surface area contributed by atoms with E-state index in [1.807, 2.05) is 31.0 Å². The molecule has 2 aliphatic heterocycles. The molecule has 2 saturated heterocycles. The maximum Gasteiger partial charge on any atom is 0.235 e. The van der Waals surface area contributed by atoms with Crippen molar-refractivity contribution < 1.29 is 14.4 Å². The third-order valence-electron chi connectivity index (χ3n) is 5.56. The molecule has 0 radical (unpaired) electrons. The molecule has 8 heteroatoms. The Morgan fingerprint density at radius 3 is 2.46 bits per heavy atom. The second-order valence-corrected chi connectivity index (χ2v) is 7.72. The summed E-state index contributed by atoms with van der Waals surface area (Å²) in [5.74, 6) is -1.07. The number of hydrogen-bond donors (Lipinski definition) is 2. The van der Waals surface area contributed by atoms with E-state index in [1.165, 1.54) is 12.4 Å². The summed E-state index contributed by atoms with van der Waals surface area (Å²) < 4.78 is 0. The SMILES string of the molecule is CON1CCC2(CC1)NC(=O)C(c1c(C)cc(N=C/C(Cl)=C\N)cc1C)C2=O. The molecule has 1 atom stereocenters. The predicted molar refractivity (Wildman–Crippen MR) is 109 cm³/mol. The van der Waals surface area contributed by atoms with E-state index in [9.17, 15) is 9.59 Å². The monoisotopic (exact) mass is 404 g/mol. The van der Waals surface area contributed by atoms with Gasteiger partial charge in [-0.1, -0.05) is 11.6 Å². The highest BCUT2D eigenvalue weighted by Crippen LogP contribution is 2.39. The number of benzene rings is 1. The summed E-state index contributed by atoms with van der Waals surface area (Å²) in [6.07, 6.45) is 3.81. The molecule has 3 N–H and O–H groups in total. The molecule has 1 unspecified atom stereocenters. The molecule has 0 aromatic heterocycles. The summed E-state index contributed by atoms with van der Waals surface area (Å²) in [7, 11) is 1.61. The Balaban J connectivity index is 1.90. The predicted octanol–water partition coefficient (Wildman–Crippen LogP) is 2.22. The third-order valence-corrected chi connectivity index (χ3v) is 5.78. The van der Waals surface area contributed by atoms with Gasteiger partial charge < -0.3 is 15.9 Å². The van der Waals surface area contributed by atoms with Crippen molar-refractivity contribution in [2.24, 2.45) is 10.7 Å². The van der Waals surface area contributed by atoms with Crippen LogP contribution in [0.3, 0.4) is 0 Å². The van der Waals surface area contributed by atoms with E-state index in [1.54, 1.807) is 7.11 Å². The molecule has 1 amide bonds. The highest BCUT2D eigenvalue weighted by Gasteiger charge is 2.54. The average Bonchev–Trinajstić information content (AvgIpc) is 2.90. The van der Waals surface area contributed by atoms with Crippen LogP contribution >= 0.6 is 11.6 Å². The number of carbonyl (C=O) groups excluding carboxylic acids is 2. The van der Waals surface area contributed by atoms with E-state index in [4.69, 9.17) is 22.2 Å². The first kappa shape index (κ1) is 20.5. The Morgan fingerprint density at radius 1 is 1.32 bits per heavy atom. The second-order valence-electron chi connectivity index (χ2n) is 7.28. The molecule has 0 bridgehead atoms. The van der Waals surface area contributed by atoms with Gasteiger partial charge in [-0.05, 0) is 55.5 Å². The number of nitrogens with two attached hydrogens (primary N) is 1. The maximum atomic E-state index is 13.3. The van der Waals surface area contributed by atoms with Gasteiger partial charge in [0, 0.05) is 25.5 Å². The van der Waals surface area contributed by atoms with Crippen LogP contribution in [0.2, 0.25) is 0 Å². The minimum atomic E-state index is -0.800. The third kappa shape index (κ3) is 3.70. The van der Waals surface area contributed by atoms with E-state index in [0.717, 1.165) is 16.7 Å². The van der Waals surface area contributed by atoms with Crippen molar-refractivity contribution in [1.82, 2.24) is 10.4 Å². The van der Waals surface area contributed by atoms with E-state index in [2.05, 4.69) is 10.3 Å². The van der Waals surface area contributed by atoms with Gasteiger partial charge >= 0.3 is 0 Å². The number of aryl methyl sites for hydroxylation is 2. The number of ketones is 1. The molecular weight excluding hydrogens is 380 g/mol. The number of Topliss-reactive ketones (excluding diaryl/α,β-unsaturated/α-hetero) is 1. The van der Waals surface area contributed by atoms with Crippen molar-refractivity contribution in [2.75, 3.05) is 20.2 Å². The Morgan fingerprint density at radius 2 is 1.93 bits per heavy atom. The summed E-state index contributed by atoms with van der Waals surface area (Å²) in [4.78, 5) is 35.7. The Kier molecular flexibility index (Phi) is 5.88. The quantitative estimate of drug-likeness (QED) is 0.592. The number of amides is 1. The van der Waals surface area contributed by atoms with Gasteiger partial charge in [0.2, 0.25) is 5.91 Å². The summed E-state index contributed by atoms with van der Waals surface area (Å²) in [5, 5.41) is 5.13. The van der Waals surface area contributed by atoms with E-state index < -0.39 is 11.5 Å². The van der Waals surface area contributed by atoms with Crippen LogP contribution in [-0.2, 0) is 14.4 Å². The minimum absolute atomic E-state index is 0.0511. The Labute approximate surface area is 169 Å². The van der Waals surface area contributed by atoms with E-state index in [0.29, 0.717) is 36.7 Å². The smallest absolute Gasteiger partial charge is 0.235 e. The van der Waals surface area contributed by atoms with Gasteiger partial charge in [0.25, 0.3) is 0 Å². The first-order valence-electron chi connectivity index (χ1n) is 9.19. The van der Waals surface area contributed by atoms with Crippen LogP contribution in [-0.4, -0.2) is 48.7 Å². The summed E-state index contributed by atoms with van der Waals surface area (Å²) in [5.41, 5.74) is 7.68. The lowest BCUT2D eigenvalue weighted by Gasteiger charge is -2.36. The first-order chi connectivity index (χ1) is 13.3. The van der Waals surface area contributed by atoms with Crippen molar-refractivity contribution >= 4 is 35.2 Å². The number of hydroxylamine groups is 2. The minimum Gasteiger partial charge on any atom is -0.403 e. The summed E-state index contributed by atoms with van der Waals surface area (Å²) in [6, 6.07) is 3.69. The zero-order chi connectivity index (χ0) is 20.5. The molecule has 150 valence electrons. The van der Waals surface area contributed by atoms with Gasteiger partial charge in [0.1, 0.15) is 11.5 Å². The van der Waals surface area contributed by atoms with Crippen molar-refractivity contribution in [3.8, 4) is 0 Å². The Hall–Kier alpha value is -2.22. The average molecular weight is 405 g/mol. The van der Waals surface area contributed by atoms with Crippen LogP contribution in [0.4, 0.5) is 5.69 Å². The molecule has 1 aromatic rings. The number of allylic oxidation sites excluding steroid dienone is 1. The van der Waals surface area contributed by atoms with Gasteiger partial charge in [-0.2, -0.15) is 5.06 Å². The van der Waals surface area contributed by atoms with Crippen LogP contribution in [0.5, 0.6) is 0 Å². The molecule has 2 aliphatic rings. The van der Waals surface area contributed by atoms with Gasteiger partial charge in [-0.3, -0.25) is 14.6 Å². The molecule has 1 spiro atoms. The highest BCUT2D eigenvalue weighted by atomic mass is 35.5. The molecule has 2 heterocycles. The van der Waals surface area contributed by atoms with Crippen LogP contribution in [0.15, 0.2) is 28.4 Å². The highest BCUT2D eigenvalue weighted by molar-refractivity contribution is 6.39. The molecule has 1 aromatic carbocycles. The number of carbonyl (C=O) groups is 2.